The highest BCUT2D eigenvalue weighted by Gasteiger charge is 2.22. The number of hydrogen-bond donors (Lipinski definition) is 1. The van der Waals surface area contributed by atoms with Crippen LogP contribution in [0, 0.1) is 13.8 Å². The second kappa shape index (κ2) is 4.06. The Balaban J connectivity index is 2.36. The number of carbonyl (C=O) groups is 1. The summed E-state index contributed by atoms with van der Waals surface area (Å²) in [5.41, 5.74) is 3.23. The number of carbonyl (C=O) groups excluding carboxylic acids is 1. The van der Waals surface area contributed by atoms with E-state index in [-0.39, 0.29) is 16.8 Å². The maximum absolute atomic E-state index is 11.4. The lowest BCUT2D eigenvalue weighted by molar-refractivity contribution is -0.116. The lowest BCUT2D eigenvalue weighted by atomic mass is 10.1. The zero-order chi connectivity index (χ0) is 11.7. The van der Waals surface area contributed by atoms with Crippen LogP contribution in [0.1, 0.15) is 16.7 Å². The summed E-state index contributed by atoms with van der Waals surface area (Å²) < 4.78 is 5.09. The molecular weight excluding hydrogens is 222 g/mol. The van der Waals surface area contributed by atoms with Gasteiger partial charge in [0.25, 0.3) is 11.1 Å². The SMILES string of the molecule is Cc1cc(C)cc(C=C2OC(=S)NC2=O)c1. The average molecular weight is 233 g/mol. The first-order valence-corrected chi connectivity index (χ1v) is 5.28. The molecule has 1 fully saturated rings. The van der Waals surface area contributed by atoms with E-state index in [1.54, 1.807) is 6.08 Å². The number of nitrogens with one attached hydrogen (secondary N) is 1. The van der Waals surface area contributed by atoms with Gasteiger partial charge in [-0.1, -0.05) is 29.3 Å². The lowest BCUT2D eigenvalue weighted by Gasteiger charge is -2.00. The van der Waals surface area contributed by atoms with Crippen molar-refractivity contribution >= 4 is 29.4 Å². The average Bonchev–Trinajstić information content (AvgIpc) is 2.43. The quantitative estimate of drug-likeness (QED) is 0.596. The molecule has 82 valence electrons. The van der Waals surface area contributed by atoms with Crippen molar-refractivity contribution in [3.8, 4) is 0 Å². The van der Waals surface area contributed by atoms with Crippen molar-refractivity contribution in [3.63, 3.8) is 0 Å². The topological polar surface area (TPSA) is 38.3 Å². The van der Waals surface area contributed by atoms with Crippen LogP contribution in [0.4, 0.5) is 0 Å². The minimum atomic E-state index is -0.288. The van der Waals surface area contributed by atoms with E-state index in [0.29, 0.717) is 0 Å². The van der Waals surface area contributed by atoms with Crippen LogP contribution in [0.2, 0.25) is 0 Å². The molecule has 0 aromatic heterocycles. The van der Waals surface area contributed by atoms with Crippen molar-refractivity contribution in [1.82, 2.24) is 5.32 Å². The second-order valence-corrected chi connectivity index (χ2v) is 4.14. The van der Waals surface area contributed by atoms with Crippen LogP contribution in [0.25, 0.3) is 6.08 Å². The largest absolute Gasteiger partial charge is 0.426 e. The molecule has 4 heteroatoms. The van der Waals surface area contributed by atoms with E-state index in [2.05, 4.69) is 11.4 Å². The summed E-state index contributed by atoms with van der Waals surface area (Å²) in [6.07, 6.45) is 1.69. The van der Waals surface area contributed by atoms with E-state index in [1.807, 2.05) is 26.0 Å². The molecule has 16 heavy (non-hydrogen) atoms. The third kappa shape index (κ3) is 2.28. The molecule has 0 aliphatic carbocycles. The highest BCUT2D eigenvalue weighted by Crippen LogP contribution is 2.15. The van der Waals surface area contributed by atoms with E-state index in [0.717, 1.165) is 16.7 Å². The first-order chi connectivity index (χ1) is 7.54. The molecule has 1 N–H and O–H groups in total. The van der Waals surface area contributed by atoms with Crippen molar-refractivity contribution in [2.45, 2.75) is 13.8 Å². The Labute approximate surface area is 99.1 Å². The van der Waals surface area contributed by atoms with Crippen molar-refractivity contribution in [3.05, 3.63) is 40.6 Å². The molecule has 0 bridgehead atoms. The summed E-state index contributed by atoms with van der Waals surface area (Å²) in [5, 5.41) is 2.53. The third-order valence-corrected chi connectivity index (χ3v) is 2.37. The molecule has 1 saturated heterocycles. The number of amides is 1. The van der Waals surface area contributed by atoms with Gasteiger partial charge in [0, 0.05) is 0 Å². The molecule has 1 heterocycles. The van der Waals surface area contributed by atoms with Gasteiger partial charge in [0.1, 0.15) is 0 Å². The van der Waals surface area contributed by atoms with Crippen molar-refractivity contribution in [2.24, 2.45) is 0 Å². The minimum absolute atomic E-state index is 0.112. The van der Waals surface area contributed by atoms with E-state index in [9.17, 15) is 4.79 Å². The molecule has 2 rings (SSSR count). The normalized spacial score (nSPS) is 17.5. The maximum atomic E-state index is 11.4. The van der Waals surface area contributed by atoms with Gasteiger partial charge in [-0.2, -0.15) is 0 Å². The molecule has 1 aliphatic rings. The maximum Gasteiger partial charge on any atom is 0.294 e. The van der Waals surface area contributed by atoms with Gasteiger partial charge in [-0.3, -0.25) is 10.1 Å². The zero-order valence-corrected chi connectivity index (χ0v) is 9.85. The van der Waals surface area contributed by atoms with Crippen LogP contribution in [-0.4, -0.2) is 11.1 Å². The minimum Gasteiger partial charge on any atom is -0.426 e. The van der Waals surface area contributed by atoms with Crippen LogP contribution in [-0.2, 0) is 9.53 Å². The number of hydrogen-bond acceptors (Lipinski definition) is 3. The Morgan fingerprint density at radius 2 is 1.88 bits per heavy atom. The molecule has 1 aromatic rings. The Kier molecular flexibility index (Phi) is 2.75. The predicted octanol–water partition coefficient (Wildman–Crippen LogP) is 2.08. The van der Waals surface area contributed by atoms with Crippen LogP contribution >= 0.6 is 12.2 Å². The first-order valence-electron chi connectivity index (χ1n) is 4.88. The van der Waals surface area contributed by atoms with Crippen LogP contribution < -0.4 is 5.32 Å². The van der Waals surface area contributed by atoms with Crippen molar-refractivity contribution in [1.29, 1.82) is 0 Å². The first kappa shape index (κ1) is 10.8. The summed E-state index contributed by atoms with van der Waals surface area (Å²) in [7, 11) is 0. The third-order valence-electron chi connectivity index (χ3n) is 2.18. The Morgan fingerprint density at radius 1 is 1.25 bits per heavy atom. The fourth-order valence-electron chi connectivity index (χ4n) is 1.67. The molecule has 0 saturated carbocycles. The fourth-order valence-corrected chi connectivity index (χ4v) is 1.85. The lowest BCUT2D eigenvalue weighted by Crippen LogP contribution is -2.18. The number of benzene rings is 1. The van der Waals surface area contributed by atoms with Crippen molar-refractivity contribution in [2.75, 3.05) is 0 Å². The van der Waals surface area contributed by atoms with Crippen molar-refractivity contribution < 1.29 is 9.53 Å². The molecule has 0 atom stereocenters. The number of rotatable bonds is 1. The summed E-state index contributed by atoms with van der Waals surface area (Å²) in [4.78, 5) is 11.4. The van der Waals surface area contributed by atoms with E-state index >= 15 is 0 Å². The number of ether oxygens (including phenoxy) is 1. The summed E-state index contributed by atoms with van der Waals surface area (Å²) in [6, 6.07) is 6.04. The molecular formula is C12H11NO2S. The van der Waals surface area contributed by atoms with Crippen LogP contribution in [0.5, 0.6) is 0 Å². The van der Waals surface area contributed by atoms with Crippen LogP contribution in [0.15, 0.2) is 24.0 Å². The fraction of sp³-hybridized carbons (Fsp3) is 0.167. The van der Waals surface area contributed by atoms with Gasteiger partial charge >= 0.3 is 0 Å². The molecule has 1 amide bonds. The molecule has 1 aliphatic heterocycles. The predicted molar refractivity (Wildman–Crippen MR) is 65.7 cm³/mol. The van der Waals surface area contributed by atoms with E-state index < -0.39 is 0 Å². The molecule has 1 aromatic carbocycles. The van der Waals surface area contributed by atoms with Gasteiger partial charge < -0.3 is 4.74 Å². The highest BCUT2D eigenvalue weighted by atomic mass is 32.1. The van der Waals surface area contributed by atoms with Gasteiger partial charge in [0.2, 0.25) is 0 Å². The molecule has 3 nitrogen and oxygen atoms in total. The van der Waals surface area contributed by atoms with E-state index in [1.165, 1.54) is 0 Å². The van der Waals surface area contributed by atoms with E-state index in [4.69, 9.17) is 17.0 Å². The van der Waals surface area contributed by atoms with Gasteiger partial charge in [0.05, 0.1) is 0 Å². The zero-order valence-electron chi connectivity index (χ0n) is 9.03. The molecule has 0 unspecified atom stereocenters. The Morgan fingerprint density at radius 3 is 2.38 bits per heavy atom. The summed E-state index contributed by atoms with van der Waals surface area (Å²) in [6.45, 7) is 4.02. The Bertz CT molecular complexity index is 485. The summed E-state index contributed by atoms with van der Waals surface area (Å²) in [5.74, 6) is -0.0424. The molecule has 0 spiro atoms. The summed E-state index contributed by atoms with van der Waals surface area (Å²) >= 11 is 4.75. The Hall–Kier alpha value is -1.68. The van der Waals surface area contributed by atoms with Gasteiger partial charge in [0.15, 0.2) is 5.76 Å². The van der Waals surface area contributed by atoms with Gasteiger partial charge in [-0.15, -0.1) is 0 Å². The smallest absolute Gasteiger partial charge is 0.294 e. The second-order valence-electron chi connectivity index (χ2n) is 3.77. The van der Waals surface area contributed by atoms with Gasteiger partial charge in [-0.25, -0.2) is 0 Å². The standard InChI is InChI=1S/C12H11NO2S/c1-7-3-8(2)5-9(4-7)6-10-11(14)13-12(16)15-10/h3-6H,1-2H3,(H,13,14,16). The van der Waals surface area contributed by atoms with Gasteiger partial charge in [-0.05, 0) is 37.7 Å². The monoisotopic (exact) mass is 233 g/mol. The molecule has 0 radical (unpaired) electrons. The highest BCUT2D eigenvalue weighted by molar-refractivity contribution is 7.80. The van der Waals surface area contributed by atoms with Crippen LogP contribution in [0.3, 0.4) is 0 Å². The number of aryl methyl sites for hydroxylation is 2. The number of thiocarbonyl (C=S) groups is 1.